The van der Waals surface area contributed by atoms with Gasteiger partial charge in [-0.3, -0.25) is 9.59 Å². The van der Waals surface area contributed by atoms with Gasteiger partial charge in [0.15, 0.2) is 0 Å². The summed E-state index contributed by atoms with van der Waals surface area (Å²) in [5.74, 6) is -1.75. The maximum absolute atomic E-state index is 11.8. The van der Waals surface area contributed by atoms with Crippen molar-refractivity contribution in [1.29, 1.82) is 0 Å². The highest BCUT2D eigenvalue weighted by atomic mass is 16.4. The van der Waals surface area contributed by atoms with Gasteiger partial charge in [-0.05, 0) is 149 Å². The predicted molar refractivity (Wildman–Crippen MR) is 212 cm³/mol. The Morgan fingerprint density at radius 3 is 1.46 bits per heavy atom. The average Bonchev–Trinajstić information content (AvgIpc) is 3.76. The highest BCUT2D eigenvalue weighted by molar-refractivity contribution is 5.96. The van der Waals surface area contributed by atoms with Crippen LogP contribution in [0.5, 0.6) is 0 Å². The number of carbonyl (C=O) groups is 2. The summed E-state index contributed by atoms with van der Waals surface area (Å²) in [5.41, 5.74) is 15.0. The average molecular weight is 709 g/mol. The van der Waals surface area contributed by atoms with Gasteiger partial charge in [0.25, 0.3) is 0 Å². The van der Waals surface area contributed by atoms with Crippen LogP contribution < -0.4 is 10.6 Å². The lowest BCUT2D eigenvalue weighted by molar-refractivity contribution is -0.137. The Bertz CT molecular complexity index is 2070. The molecule has 0 radical (unpaired) electrons. The number of fused-ring (bicyclic) bond motifs is 8. The largest absolute Gasteiger partial charge is 0.481 e. The zero-order valence-electron chi connectivity index (χ0n) is 32.1. The van der Waals surface area contributed by atoms with Crippen LogP contribution in [0, 0.1) is 13.8 Å². The van der Waals surface area contributed by atoms with Gasteiger partial charge in [-0.1, -0.05) is 26.7 Å². The van der Waals surface area contributed by atoms with Crippen LogP contribution in [0.1, 0.15) is 150 Å². The lowest BCUT2D eigenvalue weighted by atomic mass is 9.98. The molecule has 0 saturated heterocycles. The van der Waals surface area contributed by atoms with E-state index >= 15 is 0 Å². The quantitative estimate of drug-likeness (QED) is 0.0804. The van der Waals surface area contributed by atoms with Crippen molar-refractivity contribution in [1.82, 2.24) is 30.6 Å². The molecule has 3 aromatic heterocycles. The van der Waals surface area contributed by atoms with Gasteiger partial charge in [-0.2, -0.15) is 0 Å². The van der Waals surface area contributed by atoms with E-state index in [1.165, 1.54) is 11.1 Å². The molecule has 0 amide bonds. The first-order valence-electron chi connectivity index (χ1n) is 18.9. The summed E-state index contributed by atoms with van der Waals surface area (Å²) >= 11 is 0. The van der Waals surface area contributed by atoms with Gasteiger partial charge in [0, 0.05) is 47.0 Å². The third kappa shape index (κ3) is 8.40. The molecule has 8 bridgehead atoms. The van der Waals surface area contributed by atoms with Gasteiger partial charge in [-0.25, -0.2) is 9.97 Å². The summed E-state index contributed by atoms with van der Waals surface area (Å²) in [5, 5.41) is 26.7. The van der Waals surface area contributed by atoms with E-state index < -0.39 is 11.9 Å². The molecule has 278 valence electrons. The molecule has 0 fully saturated rings. The van der Waals surface area contributed by atoms with E-state index in [1.54, 1.807) is 0 Å². The van der Waals surface area contributed by atoms with Crippen molar-refractivity contribution in [2.75, 3.05) is 13.1 Å². The van der Waals surface area contributed by atoms with Crippen molar-refractivity contribution in [3.05, 3.63) is 69.3 Å². The van der Waals surface area contributed by atoms with Crippen LogP contribution in [0.4, 0.5) is 0 Å². The molecule has 2 aliphatic rings. The maximum atomic E-state index is 11.8. The normalized spacial score (nSPS) is 14.3. The number of nitrogens with zero attached hydrogens (tertiary/aromatic N) is 2. The molecule has 2 unspecified atom stereocenters. The second-order valence-electron chi connectivity index (χ2n) is 14.4. The van der Waals surface area contributed by atoms with Crippen LogP contribution >= 0.6 is 0 Å². The third-order valence-electron chi connectivity index (χ3n) is 10.6. The summed E-state index contributed by atoms with van der Waals surface area (Å²) in [6.07, 6.45) is 4.98. The fraction of sp³-hybridized carbons (Fsp3) is 0.476. The summed E-state index contributed by atoms with van der Waals surface area (Å²) in [4.78, 5) is 41.2. The van der Waals surface area contributed by atoms with Crippen LogP contribution in [0.15, 0.2) is 24.3 Å². The summed E-state index contributed by atoms with van der Waals surface area (Å²) in [6.45, 7) is 19.0. The molecule has 2 atom stereocenters. The van der Waals surface area contributed by atoms with Gasteiger partial charge in [0.1, 0.15) is 0 Å². The Morgan fingerprint density at radius 1 is 0.635 bits per heavy atom. The number of aliphatic carboxylic acids is 2. The zero-order chi connectivity index (χ0) is 37.7. The highest BCUT2D eigenvalue weighted by Crippen LogP contribution is 2.39. The number of allylic oxidation sites excluding steroid dienone is 4. The number of aromatic amines is 2. The Kier molecular flexibility index (Phi) is 12.5. The summed E-state index contributed by atoms with van der Waals surface area (Å²) in [7, 11) is 0. The third-order valence-corrected chi connectivity index (χ3v) is 10.6. The van der Waals surface area contributed by atoms with E-state index in [1.807, 2.05) is 19.9 Å². The van der Waals surface area contributed by atoms with E-state index in [0.717, 1.165) is 106 Å². The smallest absolute Gasteiger partial charge is 0.303 e. The van der Waals surface area contributed by atoms with E-state index in [2.05, 4.69) is 80.3 Å². The van der Waals surface area contributed by atoms with Crippen LogP contribution in [-0.2, 0) is 9.59 Å². The van der Waals surface area contributed by atoms with E-state index in [9.17, 15) is 19.8 Å². The lowest BCUT2D eigenvalue weighted by Gasteiger charge is -2.15. The molecule has 52 heavy (non-hydrogen) atoms. The number of carboxylic acid groups (broad SMARTS) is 2. The molecular formula is C42H56N6O4. The first-order valence-corrected chi connectivity index (χ1v) is 18.9. The Labute approximate surface area is 307 Å². The topological polar surface area (TPSA) is 156 Å². The number of aromatic nitrogens is 4. The van der Waals surface area contributed by atoms with Gasteiger partial charge in [0.2, 0.25) is 0 Å². The molecular weight excluding hydrogens is 652 g/mol. The van der Waals surface area contributed by atoms with E-state index in [4.69, 9.17) is 9.97 Å². The standard InChI is InChI=1S/C42H56N6O4/c1-9-11-17-43-27(7)41-25(5)33-19-31-23(3)29(13-15-39(49)50)35(45-31)22-36-30(14-16-40(51)52)24(4)32(46-36)20-37-42(28(8)44-18-12-10-2)26(6)34(48-37)21-38(41)47-33/h19-22,27-28,43-44,47-48H,9-18H2,1-8H3,(H,49,50)(H,51,52). The van der Waals surface area contributed by atoms with Crippen molar-refractivity contribution in [2.24, 2.45) is 0 Å². The molecule has 0 saturated carbocycles. The molecule has 0 aliphatic carbocycles. The molecule has 5 rings (SSSR count). The Hall–Kier alpha value is -4.54. The first kappa shape index (κ1) is 38.7. The minimum absolute atomic E-state index is 0.0293. The molecule has 6 N–H and O–H groups in total. The molecule has 5 heterocycles. The summed E-state index contributed by atoms with van der Waals surface area (Å²) < 4.78 is 0. The van der Waals surface area contributed by atoms with Crippen LogP contribution in [0.3, 0.4) is 0 Å². The number of H-pyrrole nitrogens is 2. The maximum Gasteiger partial charge on any atom is 0.303 e. The van der Waals surface area contributed by atoms with Crippen molar-refractivity contribution >= 4 is 56.3 Å². The number of rotatable bonds is 16. The van der Waals surface area contributed by atoms with Gasteiger partial charge in [0.05, 0.1) is 22.8 Å². The number of hydrogen-bond acceptors (Lipinski definition) is 6. The minimum Gasteiger partial charge on any atom is -0.481 e. The number of nitrogens with one attached hydrogen (secondary N) is 4. The van der Waals surface area contributed by atoms with Crippen LogP contribution in [-0.4, -0.2) is 55.2 Å². The van der Waals surface area contributed by atoms with Crippen molar-refractivity contribution in [2.45, 2.75) is 119 Å². The van der Waals surface area contributed by atoms with Gasteiger partial charge >= 0.3 is 11.9 Å². The second kappa shape index (κ2) is 16.9. The van der Waals surface area contributed by atoms with Crippen LogP contribution in [0.25, 0.3) is 44.4 Å². The number of aryl methyl sites for hydroxylation is 2. The van der Waals surface area contributed by atoms with Gasteiger partial charge in [-0.15, -0.1) is 0 Å². The van der Waals surface area contributed by atoms with Crippen molar-refractivity contribution in [3.63, 3.8) is 0 Å². The monoisotopic (exact) mass is 708 g/mol. The number of unbranched alkanes of at least 4 members (excludes halogenated alkanes) is 2. The Balaban J connectivity index is 1.89. The predicted octanol–water partition coefficient (Wildman–Crippen LogP) is 9.42. The molecule has 0 aromatic carbocycles. The first-order chi connectivity index (χ1) is 24.8. The van der Waals surface area contributed by atoms with Crippen molar-refractivity contribution < 1.29 is 19.8 Å². The molecule has 0 spiro atoms. The van der Waals surface area contributed by atoms with Crippen molar-refractivity contribution in [3.8, 4) is 0 Å². The van der Waals surface area contributed by atoms with E-state index in [0.29, 0.717) is 24.2 Å². The molecule has 3 aromatic rings. The SMILES string of the molecule is CCCCNC(C)c1c(C)c2cc3[nH]c(cc4nc(cc5nc(cc1[nH]2)C(C)=C5CCC(=O)O)C(CCC(=O)O)=C4C)c(C)c3C(C)NCCCC. The molecule has 10 nitrogen and oxygen atoms in total. The number of hydrogen-bond donors (Lipinski definition) is 6. The molecule has 10 heteroatoms. The molecule has 2 aliphatic heterocycles. The second-order valence-corrected chi connectivity index (χ2v) is 14.4. The summed E-state index contributed by atoms with van der Waals surface area (Å²) in [6, 6.07) is 8.47. The van der Waals surface area contributed by atoms with Crippen LogP contribution in [0.2, 0.25) is 0 Å². The Morgan fingerprint density at radius 2 is 1.04 bits per heavy atom. The van der Waals surface area contributed by atoms with Gasteiger partial charge < -0.3 is 30.8 Å². The fourth-order valence-electron chi connectivity index (χ4n) is 7.55. The highest BCUT2D eigenvalue weighted by Gasteiger charge is 2.24. The lowest BCUT2D eigenvalue weighted by Crippen LogP contribution is -2.20. The zero-order valence-corrected chi connectivity index (χ0v) is 32.1. The van der Waals surface area contributed by atoms with E-state index in [-0.39, 0.29) is 24.9 Å². The minimum atomic E-state index is -0.874. The number of carboxylic acids is 2. The fourth-order valence-corrected chi connectivity index (χ4v) is 7.55.